The first-order valence-corrected chi connectivity index (χ1v) is 7.43. The molecule has 1 fully saturated rings. The number of nitrogens with one attached hydrogen (secondary N) is 1. The van der Waals surface area contributed by atoms with Crippen molar-refractivity contribution in [2.24, 2.45) is 11.8 Å². The van der Waals surface area contributed by atoms with Gasteiger partial charge >= 0.3 is 0 Å². The van der Waals surface area contributed by atoms with Gasteiger partial charge < -0.3 is 10.2 Å². The SMILES string of the molecule is CC(C)CCC(C)NC(C)C1CCN(C)CC1. The van der Waals surface area contributed by atoms with Gasteiger partial charge in [0.25, 0.3) is 0 Å². The first-order chi connectivity index (χ1) is 7.99. The molecule has 1 aliphatic rings. The van der Waals surface area contributed by atoms with E-state index >= 15 is 0 Å². The van der Waals surface area contributed by atoms with Crippen LogP contribution in [0.2, 0.25) is 0 Å². The Bertz CT molecular complexity index is 195. The van der Waals surface area contributed by atoms with Gasteiger partial charge in [-0.05, 0) is 71.5 Å². The molecule has 0 spiro atoms. The lowest BCUT2D eigenvalue weighted by atomic mass is 9.90. The van der Waals surface area contributed by atoms with Crippen molar-refractivity contribution in [2.75, 3.05) is 20.1 Å². The lowest BCUT2D eigenvalue weighted by Crippen LogP contribution is -2.43. The molecule has 2 nitrogen and oxygen atoms in total. The molecule has 1 saturated heterocycles. The van der Waals surface area contributed by atoms with Crippen molar-refractivity contribution in [3.8, 4) is 0 Å². The summed E-state index contributed by atoms with van der Waals surface area (Å²) in [6, 6.07) is 1.36. The summed E-state index contributed by atoms with van der Waals surface area (Å²) in [5.41, 5.74) is 0. The maximum atomic E-state index is 3.80. The Morgan fingerprint density at radius 2 is 1.65 bits per heavy atom. The Labute approximate surface area is 108 Å². The van der Waals surface area contributed by atoms with Crippen molar-refractivity contribution in [1.82, 2.24) is 10.2 Å². The van der Waals surface area contributed by atoms with Gasteiger partial charge in [0, 0.05) is 12.1 Å². The van der Waals surface area contributed by atoms with Crippen molar-refractivity contribution in [3.05, 3.63) is 0 Å². The van der Waals surface area contributed by atoms with E-state index in [0.717, 1.165) is 11.8 Å². The Morgan fingerprint density at radius 3 is 2.18 bits per heavy atom. The molecule has 102 valence electrons. The molecule has 0 amide bonds. The Hall–Kier alpha value is -0.0800. The molecule has 1 N–H and O–H groups in total. The number of likely N-dealkylation sites (tertiary alicyclic amines) is 1. The van der Waals surface area contributed by atoms with Gasteiger partial charge in [-0.2, -0.15) is 0 Å². The van der Waals surface area contributed by atoms with Gasteiger partial charge in [0.05, 0.1) is 0 Å². The third-order valence-corrected chi connectivity index (χ3v) is 4.19. The molecule has 1 rings (SSSR count). The highest BCUT2D eigenvalue weighted by Gasteiger charge is 2.22. The second-order valence-corrected chi connectivity index (χ2v) is 6.47. The van der Waals surface area contributed by atoms with E-state index in [9.17, 15) is 0 Å². The van der Waals surface area contributed by atoms with E-state index in [0.29, 0.717) is 12.1 Å². The molecule has 0 bridgehead atoms. The fraction of sp³-hybridized carbons (Fsp3) is 1.00. The van der Waals surface area contributed by atoms with Crippen molar-refractivity contribution >= 4 is 0 Å². The average Bonchev–Trinajstić information content (AvgIpc) is 2.27. The van der Waals surface area contributed by atoms with Gasteiger partial charge in [0.2, 0.25) is 0 Å². The number of hydrogen-bond acceptors (Lipinski definition) is 2. The van der Waals surface area contributed by atoms with Crippen molar-refractivity contribution < 1.29 is 0 Å². The molecule has 2 unspecified atom stereocenters. The minimum absolute atomic E-state index is 0.673. The molecule has 0 aromatic rings. The van der Waals surface area contributed by atoms with Crippen LogP contribution in [0.1, 0.15) is 53.4 Å². The second kappa shape index (κ2) is 7.38. The van der Waals surface area contributed by atoms with Gasteiger partial charge in [-0.1, -0.05) is 13.8 Å². The maximum absolute atomic E-state index is 3.80. The molecule has 17 heavy (non-hydrogen) atoms. The van der Waals surface area contributed by atoms with Crippen LogP contribution in [0.25, 0.3) is 0 Å². The monoisotopic (exact) mass is 240 g/mol. The van der Waals surface area contributed by atoms with E-state index in [-0.39, 0.29) is 0 Å². The Kier molecular flexibility index (Phi) is 6.50. The number of piperidine rings is 1. The summed E-state index contributed by atoms with van der Waals surface area (Å²) in [6.45, 7) is 11.9. The van der Waals surface area contributed by atoms with Crippen LogP contribution in [0.3, 0.4) is 0 Å². The first kappa shape index (κ1) is 15.0. The largest absolute Gasteiger partial charge is 0.312 e. The highest BCUT2D eigenvalue weighted by molar-refractivity contribution is 4.80. The fourth-order valence-electron chi connectivity index (χ4n) is 2.78. The highest BCUT2D eigenvalue weighted by Crippen LogP contribution is 2.20. The van der Waals surface area contributed by atoms with Crippen LogP contribution in [-0.2, 0) is 0 Å². The molecule has 0 aliphatic carbocycles. The van der Waals surface area contributed by atoms with Gasteiger partial charge in [-0.3, -0.25) is 0 Å². The quantitative estimate of drug-likeness (QED) is 0.767. The molecule has 1 heterocycles. The van der Waals surface area contributed by atoms with Crippen molar-refractivity contribution in [3.63, 3.8) is 0 Å². The van der Waals surface area contributed by atoms with Crippen LogP contribution in [0.4, 0.5) is 0 Å². The molecular weight excluding hydrogens is 208 g/mol. The van der Waals surface area contributed by atoms with Crippen LogP contribution in [0, 0.1) is 11.8 Å². The lowest BCUT2D eigenvalue weighted by Gasteiger charge is -2.34. The zero-order valence-corrected chi connectivity index (χ0v) is 12.5. The van der Waals surface area contributed by atoms with E-state index in [4.69, 9.17) is 0 Å². The fourth-order valence-corrected chi connectivity index (χ4v) is 2.78. The smallest absolute Gasteiger partial charge is 0.00704 e. The van der Waals surface area contributed by atoms with E-state index in [1.165, 1.54) is 38.8 Å². The normalized spacial score (nSPS) is 22.9. The standard InChI is InChI=1S/C15H32N2/c1-12(2)6-7-13(3)16-14(4)15-8-10-17(5)11-9-15/h12-16H,6-11H2,1-5H3. The molecule has 0 aromatic heterocycles. The summed E-state index contributed by atoms with van der Waals surface area (Å²) in [4.78, 5) is 2.45. The van der Waals surface area contributed by atoms with Crippen LogP contribution in [0.5, 0.6) is 0 Å². The Morgan fingerprint density at radius 1 is 1.06 bits per heavy atom. The third kappa shape index (κ3) is 5.87. The molecule has 0 aromatic carbocycles. The molecule has 1 aliphatic heterocycles. The summed E-state index contributed by atoms with van der Waals surface area (Å²) in [6.07, 6.45) is 5.38. The van der Waals surface area contributed by atoms with Crippen LogP contribution >= 0.6 is 0 Å². The summed E-state index contributed by atoms with van der Waals surface area (Å²) in [5, 5.41) is 3.80. The maximum Gasteiger partial charge on any atom is 0.00704 e. The van der Waals surface area contributed by atoms with Crippen LogP contribution in [0.15, 0.2) is 0 Å². The molecule has 2 heteroatoms. The van der Waals surface area contributed by atoms with Gasteiger partial charge in [0.15, 0.2) is 0 Å². The minimum Gasteiger partial charge on any atom is -0.312 e. The van der Waals surface area contributed by atoms with E-state index in [2.05, 4.69) is 45.0 Å². The van der Waals surface area contributed by atoms with Gasteiger partial charge in [-0.25, -0.2) is 0 Å². The molecule has 2 atom stereocenters. The summed E-state index contributed by atoms with van der Waals surface area (Å²) < 4.78 is 0. The predicted molar refractivity (Wildman–Crippen MR) is 76.4 cm³/mol. The van der Waals surface area contributed by atoms with Crippen molar-refractivity contribution in [1.29, 1.82) is 0 Å². The predicted octanol–water partition coefficient (Wildman–Crippen LogP) is 3.13. The summed E-state index contributed by atoms with van der Waals surface area (Å²) >= 11 is 0. The van der Waals surface area contributed by atoms with Crippen molar-refractivity contribution in [2.45, 2.75) is 65.5 Å². The van der Waals surface area contributed by atoms with E-state index in [1.54, 1.807) is 0 Å². The highest BCUT2D eigenvalue weighted by atomic mass is 15.1. The van der Waals surface area contributed by atoms with E-state index in [1.807, 2.05) is 0 Å². The minimum atomic E-state index is 0.673. The summed E-state index contributed by atoms with van der Waals surface area (Å²) in [5.74, 6) is 1.71. The number of nitrogens with zero attached hydrogens (tertiary/aromatic N) is 1. The topological polar surface area (TPSA) is 15.3 Å². The van der Waals surface area contributed by atoms with Crippen LogP contribution in [-0.4, -0.2) is 37.1 Å². The Balaban J connectivity index is 2.21. The second-order valence-electron chi connectivity index (χ2n) is 6.47. The lowest BCUT2D eigenvalue weighted by molar-refractivity contribution is 0.183. The summed E-state index contributed by atoms with van der Waals surface area (Å²) in [7, 11) is 2.24. The zero-order chi connectivity index (χ0) is 12.8. The van der Waals surface area contributed by atoms with Gasteiger partial charge in [-0.15, -0.1) is 0 Å². The van der Waals surface area contributed by atoms with E-state index < -0.39 is 0 Å². The molecule has 0 saturated carbocycles. The average molecular weight is 240 g/mol. The molecular formula is C15H32N2. The van der Waals surface area contributed by atoms with Crippen LogP contribution < -0.4 is 5.32 Å². The van der Waals surface area contributed by atoms with Gasteiger partial charge in [0.1, 0.15) is 0 Å². The third-order valence-electron chi connectivity index (χ3n) is 4.19. The number of hydrogen-bond donors (Lipinski definition) is 1. The molecule has 0 radical (unpaired) electrons. The number of rotatable bonds is 6. The first-order valence-electron chi connectivity index (χ1n) is 7.43. The zero-order valence-electron chi connectivity index (χ0n) is 12.5.